The fraction of sp³-hybridized carbons (Fsp3) is 0.118. The van der Waals surface area contributed by atoms with Crippen molar-refractivity contribution in [1.82, 2.24) is 15.2 Å². The topological polar surface area (TPSA) is 41.4 Å². The second-order valence-corrected chi connectivity index (χ2v) is 18.7. The number of allylic oxidation sites excluding steroid dienone is 4. The summed E-state index contributed by atoms with van der Waals surface area (Å²) in [5.74, 6) is 0.969. The van der Waals surface area contributed by atoms with Gasteiger partial charge in [0.05, 0.1) is 5.52 Å². The van der Waals surface area contributed by atoms with Gasteiger partial charge in [-0.3, -0.25) is 5.32 Å². The van der Waals surface area contributed by atoms with E-state index in [1.165, 1.54) is 59.7 Å². The SMILES string of the molecule is C1=Cc2c(c3c([Si](C4=CCCC(C5=NC(c6ccccc6)NC(c6ccccc6)N5)=C4)(c4ccccc4)c4ccccc4)cccc3n2-c2ccccc2)CC1. The summed E-state index contributed by atoms with van der Waals surface area (Å²) in [7, 11) is -2.95. The van der Waals surface area contributed by atoms with E-state index in [1.54, 1.807) is 0 Å². The van der Waals surface area contributed by atoms with Crippen molar-refractivity contribution in [2.75, 3.05) is 0 Å². The molecule has 0 fully saturated rings. The minimum atomic E-state index is -2.95. The molecule has 0 spiro atoms. The van der Waals surface area contributed by atoms with E-state index in [0.29, 0.717) is 0 Å². The van der Waals surface area contributed by atoms with Gasteiger partial charge < -0.3 is 9.88 Å². The Morgan fingerprint density at radius 2 is 1.23 bits per heavy atom. The highest BCUT2D eigenvalue weighted by atomic mass is 28.3. The molecule has 7 aromatic rings. The molecule has 2 unspecified atom stereocenters. The molecule has 3 aliphatic rings. The second-order valence-electron chi connectivity index (χ2n) is 15.0. The minimum absolute atomic E-state index is 0.0829. The summed E-state index contributed by atoms with van der Waals surface area (Å²) < 4.78 is 2.50. The zero-order chi connectivity index (χ0) is 37.3. The average Bonchev–Trinajstić information content (AvgIpc) is 3.63. The first-order valence-electron chi connectivity index (χ1n) is 19.9. The standard InChI is InChI=1S/C51H44N4Si/c1-6-20-37(21-7-1)49-52-50(38-22-8-2-9-23-38)54-51(53-49)39-24-18-31-43(36-39)56(41-27-12-4-13-28-41,42-29-14-5-15-30-42)47-35-19-34-46-48(47)44-32-16-17-33-45(44)55(46)40-25-10-3-11-26-40/h1-15,17,19-23,25-31,33-36,49-50,52H,16,18,24,32H2,(H,53,54). The predicted octanol–water partition coefficient (Wildman–Crippen LogP) is 9.23. The first-order valence-corrected chi connectivity index (χ1v) is 21.9. The summed E-state index contributed by atoms with van der Waals surface area (Å²) in [5.41, 5.74) is 8.83. The van der Waals surface area contributed by atoms with E-state index >= 15 is 0 Å². The molecular weight excluding hydrogens is 697 g/mol. The van der Waals surface area contributed by atoms with Crippen LogP contribution in [0.15, 0.2) is 204 Å². The number of para-hydroxylation sites is 1. The number of fused-ring (bicyclic) bond motifs is 3. The highest BCUT2D eigenvalue weighted by Crippen LogP contribution is 2.37. The largest absolute Gasteiger partial charge is 0.351 e. The Hall–Kier alpha value is -6.27. The normalized spacial score (nSPS) is 18.0. The van der Waals surface area contributed by atoms with E-state index in [1.807, 2.05) is 0 Å². The molecule has 1 aromatic heterocycles. The highest BCUT2D eigenvalue weighted by molar-refractivity contribution is 7.17. The van der Waals surface area contributed by atoms with Gasteiger partial charge in [0.15, 0.2) is 8.07 Å². The molecule has 10 rings (SSSR count). The maximum absolute atomic E-state index is 5.43. The summed E-state index contributed by atoms with van der Waals surface area (Å²) in [6.07, 6.45) is 13.4. The number of aryl methyl sites for hydroxylation is 1. The molecule has 0 saturated heterocycles. The Morgan fingerprint density at radius 3 is 1.91 bits per heavy atom. The first-order chi connectivity index (χ1) is 27.8. The lowest BCUT2D eigenvalue weighted by Crippen LogP contribution is -2.68. The van der Waals surface area contributed by atoms with Gasteiger partial charge in [0.1, 0.15) is 18.2 Å². The number of aromatic nitrogens is 1. The van der Waals surface area contributed by atoms with E-state index in [4.69, 9.17) is 4.99 Å². The average molecular weight is 741 g/mol. The van der Waals surface area contributed by atoms with Crippen LogP contribution in [-0.4, -0.2) is 18.5 Å². The lowest BCUT2D eigenvalue weighted by molar-refractivity contribution is 0.408. The number of amidine groups is 1. The lowest BCUT2D eigenvalue weighted by Gasteiger charge is -2.38. The number of rotatable bonds is 8. The van der Waals surface area contributed by atoms with Gasteiger partial charge in [0.25, 0.3) is 0 Å². The molecule has 1 aliphatic heterocycles. The quantitative estimate of drug-likeness (QED) is 0.121. The van der Waals surface area contributed by atoms with Crippen LogP contribution in [0.2, 0.25) is 0 Å². The maximum Gasteiger partial charge on any atom is 0.180 e. The Bertz CT molecular complexity index is 2590. The van der Waals surface area contributed by atoms with Crippen LogP contribution in [0.1, 0.15) is 54.0 Å². The third-order valence-corrected chi connectivity index (χ3v) is 16.6. The van der Waals surface area contributed by atoms with Gasteiger partial charge in [-0.15, -0.1) is 0 Å². The van der Waals surface area contributed by atoms with Crippen molar-refractivity contribution in [2.45, 2.75) is 38.0 Å². The zero-order valence-corrected chi connectivity index (χ0v) is 32.4. The monoisotopic (exact) mass is 740 g/mol. The van der Waals surface area contributed by atoms with Crippen molar-refractivity contribution >= 4 is 46.4 Å². The van der Waals surface area contributed by atoms with Crippen LogP contribution < -0.4 is 26.2 Å². The van der Waals surface area contributed by atoms with Gasteiger partial charge in [0.2, 0.25) is 0 Å². The molecule has 0 saturated carbocycles. The molecule has 2 heterocycles. The molecule has 2 atom stereocenters. The van der Waals surface area contributed by atoms with Crippen LogP contribution in [0.3, 0.4) is 0 Å². The molecule has 4 nitrogen and oxygen atoms in total. The Kier molecular flexibility index (Phi) is 9.02. The first kappa shape index (κ1) is 34.2. The summed E-state index contributed by atoms with van der Waals surface area (Å²) in [6.45, 7) is 0. The number of hydrogen-bond donors (Lipinski definition) is 2. The summed E-state index contributed by atoms with van der Waals surface area (Å²) in [5, 5.41) is 14.7. The summed E-state index contributed by atoms with van der Waals surface area (Å²) in [6, 6.07) is 62.1. The molecule has 6 aromatic carbocycles. The van der Waals surface area contributed by atoms with Crippen molar-refractivity contribution in [3.8, 4) is 5.69 Å². The highest BCUT2D eigenvalue weighted by Gasteiger charge is 2.45. The zero-order valence-electron chi connectivity index (χ0n) is 31.4. The van der Waals surface area contributed by atoms with Gasteiger partial charge in [0, 0.05) is 16.8 Å². The molecule has 2 aliphatic carbocycles. The van der Waals surface area contributed by atoms with Crippen LogP contribution in [0.4, 0.5) is 0 Å². The fourth-order valence-corrected chi connectivity index (χ4v) is 14.5. The molecule has 5 heteroatoms. The number of aliphatic imine (C=N–C) groups is 1. The van der Waals surface area contributed by atoms with Crippen molar-refractivity contribution in [3.05, 3.63) is 221 Å². The smallest absolute Gasteiger partial charge is 0.180 e. The van der Waals surface area contributed by atoms with Crippen LogP contribution in [0.25, 0.3) is 22.7 Å². The molecular formula is C51H44N4Si. The van der Waals surface area contributed by atoms with Gasteiger partial charge in [-0.2, -0.15) is 0 Å². The van der Waals surface area contributed by atoms with Crippen LogP contribution in [-0.2, 0) is 6.42 Å². The van der Waals surface area contributed by atoms with Gasteiger partial charge in [-0.1, -0.05) is 170 Å². The number of nitrogens with zero attached hydrogens (tertiary/aromatic N) is 2. The summed E-state index contributed by atoms with van der Waals surface area (Å²) in [4.78, 5) is 5.43. The molecule has 2 N–H and O–H groups in total. The van der Waals surface area contributed by atoms with E-state index in [-0.39, 0.29) is 12.3 Å². The van der Waals surface area contributed by atoms with E-state index in [0.717, 1.165) is 37.1 Å². The van der Waals surface area contributed by atoms with Crippen molar-refractivity contribution in [2.24, 2.45) is 4.99 Å². The van der Waals surface area contributed by atoms with Crippen molar-refractivity contribution in [3.63, 3.8) is 0 Å². The molecule has 0 radical (unpaired) electrons. The maximum atomic E-state index is 5.43. The van der Waals surface area contributed by atoms with E-state index < -0.39 is 8.07 Å². The number of nitrogens with one attached hydrogen (secondary N) is 2. The molecule has 0 bridgehead atoms. The number of hydrogen-bond acceptors (Lipinski definition) is 3. The predicted molar refractivity (Wildman–Crippen MR) is 236 cm³/mol. The van der Waals surface area contributed by atoms with Crippen LogP contribution >= 0.6 is 0 Å². The van der Waals surface area contributed by atoms with Crippen LogP contribution in [0, 0.1) is 0 Å². The van der Waals surface area contributed by atoms with Crippen molar-refractivity contribution < 1.29 is 0 Å². The van der Waals surface area contributed by atoms with Crippen molar-refractivity contribution in [1.29, 1.82) is 0 Å². The Morgan fingerprint density at radius 1 is 0.607 bits per heavy atom. The number of benzene rings is 6. The molecule has 56 heavy (non-hydrogen) atoms. The van der Waals surface area contributed by atoms with Gasteiger partial charge in [-0.05, 0) is 93.0 Å². The minimum Gasteiger partial charge on any atom is -0.351 e. The third kappa shape index (κ3) is 5.92. The third-order valence-electron chi connectivity index (χ3n) is 11.8. The fourth-order valence-electron chi connectivity index (χ4n) is 9.29. The van der Waals surface area contributed by atoms with Gasteiger partial charge >= 0.3 is 0 Å². The van der Waals surface area contributed by atoms with E-state index in [2.05, 4.69) is 209 Å². The molecule has 272 valence electrons. The summed E-state index contributed by atoms with van der Waals surface area (Å²) >= 11 is 0. The van der Waals surface area contributed by atoms with Crippen LogP contribution in [0.5, 0.6) is 0 Å². The van der Waals surface area contributed by atoms with E-state index in [9.17, 15) is 0 Å². The Labute approximate surface area is 330 Å². The Balaban J connectivity index is 1.22. The van der Waals surface area contributed by atoms with Gasteiger partial charge in [-0.25, -0.2) is 4.99 Å². The lowest BCUT2D eigenvalue weighted by atomic mass is 10.0. The molecule has 0 amide bonds. The second kappa shape index (κ2) is 14.8.